The van der Waals surface area contributed by atoms with Crippen LogP contribution in [0, 0.1) is 11.8 Å². The van der Waals surface area contributed by atoms with Crippen LogP contribution in [0.3, 0.4) is 0 Å². The largest absolute Gasteiger partial charge is 0.508 e. The van der Waals surface area contributed by atoms with Crippen LogP contribution >= 0.6 is 12.6 Å². The fourth-order valence-corrected chi connectivity index (χ4v) is 6.56. The lowest BCUT2D eigenvalue weighted by atomic mass is 9.89. The van der Waals surface area contributed by atoms with Crippen molar-refractivity contribution in [2.24, 2.45) is 17.6 Å². The number of benzene rings is 3. The van der Waals surface area contributed by atoms with Crippen molar-refractivity contribution in [1.82, 2.24) is 16.0 Å². The third-order valence-corrected chi connectivity index (χ3v) is 10.1. The molecule has 0 radical (unpaired) electrons. The van der Waals surface area contributed by atoms with E-state index >= 15 is 0 Å². The van der Waals surface area contributed by atoms with Gasteiger partial charge >= 0.3 is 22.3 Å². The van der Waals surface area contributed by atoms with E-state index in [-0.39, 0.29) is 48.2 Å². The number of hydrogen-bond donors (Lipinski definition) is 9. The molecule has 3 aromatic rings. The molecule has 0 spiro atoms. The van der Waals surface area contributed by atoms with Gasteiger partial charge in [-0.3, -0.25) is 42.9 Å². The summed E-state index contributed by atoms with van der Waals surface area (Å²) < 4.78 is 35.4. The average molecular weight is 917 g/mol. The predicted octanol–water partition coefficient (Wildman–Crippen LogP) is 1.99. The zero-order chi connectivity index (χ0) is 47.3. The molecule has 0 aromatic heterocycles. The third-order valence-electron chi connectivity index (χ3n) is 9.32. The van der Waals surface area contributed by atoms with E-state index in [1.165, 1.54) is 31.2 Å². The second-order valence-electron chi connectivity index (χ2n) is 14.3. The van der Waals surface area contributed by atoms with Crippen molar-refractivity contribution in [3.63, 3.8) is 0 Å². The molecule has 0 fully saturated rings. The van der Waals surface area contributed by atoms with Crippen LogP contribution in [-0.4, -0.2) is 99.3 Å². The molecule has 9 N–H and O–H groups in total. The molecule has 0 aliphatic rings. The Morgan fingerprint density at radius 1 is 0.698 bits per heavy atom. The first-order valence-corrected chi connectivity index (χ1v) is 21.4. The van der Waals surface area contributed by atoms with Crippen LogP contribution in [0.5, 0.6) is 11.5 Å². The molecule has 0 saturated carbocycles. The maximum Gasteiger partial charge on any atom is 0.446 e. The number of amides is 4. The molecule has 21 heteroatoms. The summed E-state index contributed by atoms with van der Waals surface area (Å²) in [6, 6.07) is 16.4. The Balaban J connectivity index is 0.000000823. The average Bonchev–Trinajstić information content (AvgIpc) is 3.21. The minimum atomic E-state index is -4.81. The third kappa shape index (κ3) is 20.9. The summed E-state index contributed by atoms with van der Waals surface area (Å²) in [4.78, 5) is 98.0. The van der Waals surface area contributed by atoms with Gasteiger partial charge in [0.2, 0.25) is 23.6 Å². The van der Waals surface area contributed by atoms with Gasteiger partial charge in [0.1, 0.15) is 17.5 Å². The standard InChI is InChI=1S/C31H38N4O12S2.C11H14O3/c1-18(36)25(17-48)34-28(39)12-11-27(38)33-24(16-29(40)41)31(43)35-23(14-20-7-9-22(10-8-20)47-49(44,45)46)26(37)15-21(30(32)42)13-19-5-3-2-4-6-19;1-2-9(11(13)14)7-8-3-5-10(12)6-4-8/h2-10,21,23-25,48H,11-17H2,1H3,(H2,32,42)(H,33,38)(H,34,39)(H,35,43)(H,40,41)(H,44,45,46);3-6,9,12H,2,7H2,1H3,(H,13,14)/t21-,23+,24+,25+;9-/m10/s1. The predicted molar refractivity (Wildman–Crippen MR) is 230 cm³/mol. The summed E-state index contributed by atoms with van der Waals surface area (Å²) in [5.74, 6) is -7.93. The van der Waals surface area contributed by atoms with Crippen LogP contribution in [-0.2, 0) is 68.0 Å². The number of thiol groups is 1. The van der Waals surface area contributed by atoms with Crippen LogP contribution in [0.15, 0.2) is 78.9 Å². The number of Topliss-reactive ketones (excluding diaryl/α,β-unsaturated/α-hetero) is 2. The Bertz CT molecular complexity index is 2150. The lowest BCUT2D eigenvalue weighted by Gasteiger charge is -2.24. The number of phenols is 1. The van der Waals surface area contributed by atoms with Gasteiger partial charge in [0, 0.05) is 30.9 Å². The second kappa shape index (κ2) is 26.2. The number of carbonyl (C=O) groups excluding carboxylic acids is 6. The highest BCUT2D eigenvalue weighted by atomic mass is 32.3. The Morgan fingerprint density at radius 3 is 1.68 bits per heavy atom. The SMILES string of the molecule is CC(=O)[C@H](CS)NC(=O)CCC(=O)N[C@@H](CC(=O)O)C(=O)N[C@@H](Cc1ccc(OS(=O)(=O)O)cc1)C(=O)C[C@@H](Cc1ccccc1)C(N)=O.CC[C@@H](Cc1ccc(O)cc1)C(=O)O. The first kappa shape index (κ1) is 52.8. The van der Waals surface area contributed by atoms with Gasteiger partial charge in [-0.25, -0.2) is 0 Å². The summed E-state index contributed by atoms with van der Waals surface area (Å²) in [6.45, 7) is 3.12. The monoisotopic (exact) mass is 916 g/mol. The van der Waals surface area contributed by atoms with Crippen LogP contribution < -0.4 is 25.9 Å². The summed E-state index contributed by atoms with van der Waals surface area (Å²) in [7, 11) is -4.81. The fourth-order valence-electron chi connectivity index (χ4n) is 5.86. The van der Waals surface area contributed by atoms with E-state index in [4.69, 9.17) is 20.5 Å². The highest BCUT2D eigenvalue weighted by Gasteiger charge is 2.31. The van der Waals surface area contributed by atoms with Crippen molar-refractivity contribution in [3.8, 4) is 11.5 Å². The van der Waals surface area contributed by atoms with E-state index in [0.717, 1.165) is 11.1 Å². The molecule has 0 saturated heterocycles. The number of carboxylic acid groups (broad SMARTS) is 2. The zero-order valence-electron chi connectivity index (χ0n) is 34.5. The number of carbonyl (C=O) groups is 8. The van der Waals surface area contributed by atoms with Gasteiger partial charge in [0.25, 0.3) is 0 Å². The van der Waals surface area contributed by atoms with Crippen LogP contribution in [0.25, 0.3) is 0 Å². The minimum Gasteiger partial charge on any atom is -0.508 e. The van der Waals surface area contributed by atoms with E-state index in [1.54, 1.807) is 54.6 Å². The lowest BCUT2D eigenvalue weighted by Crippen LogP contribution is -2.53. The lowest BCUT2D eigenvalue weighted by molar-refractivity contribution is -0.142. The fraction of sp³-hybridized carbons (Fsp3) is 0.381. The van der Waals surface area contributed by atoms with Crippen molar-refractivity contribution in [3.05, 3.63) is 95.6 Å². The number of carboxylic acids is 2. The molecule has 0 aliphatic carbocycles. The molecule has 5 atom stereocenters. The maximum atomic E-state index is 13.6. The summed E-state index contributed by atoms with van der Waals surface area (Å²) in [5, 5.41) is 34.4. The molecule has 0 heterocycles. The van der Waals surface area contributed by atoms with Crippen molar-refractivity contribution in [2.45, 2.75) is 83.3 Å². The van der Waals surface area contributed by atoms with Crippen molar-refractivity contribution in [2.75, 3.05) is 5.75 Å². The van der Waals surface area contributed by atoms with E-state index in [9.17, 15) is 51.9 Å². The number of nitrogens with one attached hydrogen (secondary N) is 3. The Hall–Kier alpha value is -6.32. The van der Waals surface area contributed by atoms with Gasteiger partial charge in [-0.05, 0) is 73.6 Å². The quantitative estimate of drug-likeness (QED) is 0.0434. The number of aliphatic carboxylic acids is 2. The van der Waals surface area contributed by atoms with Gasteiger partial charge in [-0.1, -0.05) is 61.5 Å². The Morgan fingerprint density at radius 2 is 1.21 bits per heavy atom. The smallest absolute Gasteiger partial charge is 0.446 e. The van der Waals surface area contributed by atoms with E-state index in [2.05, 4.69) is 32.8 Å². The normalized spacial score (nSPS) is 13.3. The molecule has 0 bridgehead atoms. The second-order valence-corrected chi connectivity index (χ2v) is 15.7. The number of rotatable bonds is 25. The van der Waals surface area contributed by atoms with Crippen LogP contribution in [0.2, 0.25) is 0 Å². The topological polar surface area (TPSA) is 323 Å². The number of aromatic hydroxyl groups is 1. The Kier molecular flexibility index (Phi) is 22.0. The minimum absolute atomic E-state index is 0.0307. The molecule has 342 valence electrons. The van der Waals surface area contributed by atoms with Gasteiger partial charge in [0.05, 0.1) is 24.4 Å². The van der Waals surface area contributed by atoms with Crippen molar-refractivity contribution < 1.29 is 70.8 Å². The number of nitrogens with two attached hydrogens (primary N) is 1. The highest BCUT2D eigenvalue weighted by molar-refractivity contribution is 7.81. The number of ketones is 2. The molecule has 3 rings (SSSR count). The van der Waals surface area contributed by atoms with Gasteiger partial charge in [0.15, 0.2) is 11.6 Å². The van der Waals surface area contributed by atoms with Crippen molar-refractivity contribution >= 4 is 70.2 Å². The van der Waals surface area contributed by atoms with Gasteiger partial charge < -0.3 is 41.2 Å². The number of primary amides is 1. The molecule has 19 nitrogen and oxygen atoms in total. The molecule has 0 unspecified atom stereocenters. The van der Waals surface area contributed by atoms with Crippen molar-refractivity contribution in [1.29, 1.82) is 0 Å². The van der Waals surface area contributed by atoms with Gasteiger partial charge in [-0.2, -0.15) is 21.0 Å². The summed E-state index contributed by atoms with van der Waals surface area (Å²) in [5.41, 5.74) is 7.60. The summed E-state index contributed by atoms with van der Waals surface area (Å²) in [6.07, 6.45) is -1.15. The first-order chi connectivity index (χ1) is 29.6. The Labute approximate surface area is 369 Å². The molecule has 4 amide bonds. The van der Waals surface area contributed by atoms with E-state index < -0.39 is 95.1 Å². The highest BCUT2D eigenvalue weighted by Crippen LogP contribution is 2.19. The van der Waals surface area contributed by atoms with E-state index in [0.29, 0.717) is 18.4 Å². The molecular formula is C42H52N4O15S2. The maximum absolute atomic E-state index is 13.6. The molecule has 63 heavy (non-hydrogen) atoms. The van der Waals surface area contributed by atoms with Crippen LogP contribution in [0.1, 0.15) is 62.6 Å². The number of hydrogen-bond acceptors (Lipinski definition) is 13. The van der Waals surface area contributed by atoms with E-state index in [1.807, 2.05) is 6.92 Å². The van der Waals surface area contributed by atoms with Gasteiger partial charge in [-0.15, -0.1) is 0 Å². The molecule has 3 aromatic carbocycles. The first-order valence-electron chi connectivity index (χ1n) is 19.4. The van der Waals surface area contributed by atoms with Crippen LogP contribution in [0.4, 0.5) is 0 Å². The molecular weight excluding hydrogens is 865 g/mol. The number of phenolic OH excluding ortho intramolecular Hbond substituents is 1. The summed E-state index contributed by atoms with van der Waals surface area (Å²) >= 11 is 3.98. The zero-order valence-corrected chi connectivity index (χ0v) is 36.2. The molecule has 0 aliphatic heterocycles.